The Hall–Kier alpha value is -3.60. The van der Waals surface area contributed by atoms with Crippen molar-refractivity contribution in [3.8, 4) is 27.4 Å². The van der Waals surface area contributed by atoms with Gasteiger partial charge in [-0.15, -0.1) is 22.7 Å². The first kappa shape index (κ1) is 35.7. The topological polar surface area (TPSA) is 110 Å². The second-order valence-electron chi connectivity index (χ2n) is 12.1. The van der Waals surface area contributed by atoms with Crippen LogP contribution in [0.25, 0.3) is 21.5 Å². The van der Waals surface area contributed by atoms with Crippen molar-refractivity contribution >= 4 is 35.0 Å². The van der Waals surface area contributed by atoms with Crippen molar-refractivity contribution in [2.75, 3.05) is 13.6 Å². The van der Waals surface area contributed by atoms with E-state index in [1.807, 2.05) is 6.92 Å². The Morgan fingerprint density at radius 2 is 1.69 bits per heavy atom. The van der Waals surface area contributed by atoms with Crippen molar-refractivity contribution in [3.05, 3.63) is 40.4 Å². The highest BCUT2D eigenvalue weighted by atomic mass is 32.1. The molecule has 48 heavy (non-hydrogen) atoms. The molecule has 3 aromatic rings. The van der Waals surface area contributed by atoms with Crippen LogP contribution in [0.5, 0.6) is 5.88 Å². The number of ether oxygens (including phenoxy) is 1. The summed E-state index contributed by atoms with van der Waals surface area (Å²) in [5, 5.41) is 4.47. The largest absolute Gasteiger partial charge is 0.474 e. The number of alkyl halides is 6. The van der Waals surface area contributed by atoms with Gasteiger partial charge in [-0.1, -0.05) is 19.1 Å². The van der Waals surface area contributed by atoms with Crippen LogP contribution in [-0.2, 0) is 21.9 Å². The lowest BCUT2D eigenvalue weighted by Gasteiger charge is -2.33. The van der Waals surface area contributed by atoms with Crippen LogP contribution in [0.2, 0.25) is 0 Å². The Labute approximate surface area is 280 Å². The number of aromatic nitrogens is 4. The number of unbranched alkanes of at least 4 members (excludes halogenated alkanes) is 2. The summed E-state index contributed by atoms with van der Waals surface area (Å²) in [4.78, 5) is 41.2. The van der Waals surface area contributed by atoms with Crippen molar-refractivity contribution in [1.29, 1.82) is 0 Å². The summed E-state index contributed by atoms with van der Waals surface area (Å²) >= 11 is 1.32. The zero-order valence-corrected chi connectivity index (χ0v) is 27.7. The van der Waals surface area contributed by atoms with E-state index < -0.39 is 29.8 Å². The normalized spacial score (nSPS) is 22.9. The molecule has 2 saturated carbocycles. The fraction of sp³-hybridized carbons (Fsp3) is 0.548. The molecule has 0 spiro atoms. The van der Waals surface area contributed by atoms with Crippen molar-refractivity contribution in [2.24, 2.45) is 17.8 Å². The van der Waals surface area contributed by atoms with E-state index in [4.69, 9.17) is 4.74 Å². The summed E-state index contributed by atoms with van der Waals surface area (Å²) in [6.45, 7) is 2.71. The fourth-order valence-corrected chi connectivity index (χ4v) is 7.02. The Morgan fingerprint density at radius 3 is 2.35 bits per heavy atom. The lowest BCUT2D eigenvalue weighted by atomic mass is 9.78. The number of hydrogen-bond acceptors (Lipinski definition) is 9. The molecular weight excluding hydrogens is 683 g/mol. The molecule has 2 aliphatic rings. The molecule has 2 fully saturated rings. The molecule has 0 radical (unpaired) electrons. The average Bonchev–Trinajstić information content (AvgIpc) is 3.40. The quantitative estimate of drug-likeness (QED) is 0.0858. The summed E-state index contributed by atoms with van der Waals surface area (Å²) in [6, 6.07) is 1.35. The van der Waals surface area contributed by atoms with Crippen LogP contribution in [0, 0.1) is 17.8 Å². The van der Waals surface area contributed by atoms with Crippen molar-refractivity contribution < 1.29 is 40.7 Å². The van der Waals surface area contributed by atoms with Crippen molar-refractivity contribution in [1.82, 2.24) is 30.2 Å². The first-order valence-corrected chi connectivity index (χ1v) is 17.2. The van der Waals surface area contributed by atoms with Gasteiger partial charge in [-0.2, -0.15) is 31.3 Å². The third kappa shape index (κ3) is 9.30. The summed E-state index contributed by atoms with van der Waals surface area (Å²) in [5.41, 5.74) is -2.32. The molecule has 0 aromatic carbocycles. The summed E-state index contributed by atoms with van der Waals surface area (Å²) < 4.78 is 85.7. The number of thiazole rings is 2. The Kier molecular flexibility index (Phi) is 11.1. The van der Waals surface area contributed by atoms with Crippen LogP contribution in [0.1, 0.15) is 63.3 Å². The lowest BCUT2D eigenvalue weighted by molar-refractivity contribution is -0.141. The monoisotopic (exact) mass is 716 g/mol. The molecule has 0 bridgehead atoms. The van der Waals surface area contributed by atoms with Gasteiger partial charge in [0.15, 0.2) is 22.2 Å². The molecule has 1 N–H and O–H groups in total. The Morgan fingerprint density at radius 1 is 1.00 bits per heavy atom. The van der Waals surface area contributed by atoms with E-state index in [1.165, 1.54) is 6.07 Å². The molecule has 0 saturated heterocycles. The molecule has 5 atom stereocenters. The smallest absolute Gasteiger partial charge is 0.434 e. The highest BCUT2D eigenvalue weighted by molar-refractivity contribution is 7.13. The third-order valence-electron chi connectivity index (χ3n) is 8.34. The second-order valence-corrected chi connectivity index (χ2v) is 13.9. The van der Waals surface area contributed by atoms with E-state index in [9.17, 15) is 35.9 Å². The number of allylic oxidation sites excluding steroid dienone is 1. The maximum Gasteiger partial charge on any atom is 0.434 e. The number of halogens is 6. The van der Waals surface area contributed by atoms with Gasteiger partial charge in [-0.3, -0.25) is 9.59 Å². The number of nitrogens with one attached hydrogen (secondary N) is 1. The van der Waals surface area contributed by atoms with Crippen LogP contribution in [0.4, 0.5) is 26.3 Å². The molecule has 17 heteroatoms. The number of carbonyl (C=O) groups excluding carboxylic acids is 2. The zero-order chi connectivity index (χ0) is 34.6. The van der Waals surface area contributed by atoms with E-state index in [-0.39, 0.29) is 57.1 Å². The average molecular weight is 717 g/mol. The van der Waals surface area contributed by atoms with E-state index in [2.05, 4.69) is 37.4 Å². The van der Waals surface area contributed by atoms with Crippen LogP contribution in [0.3, 0.4) is 0 Å². The first-order chi connectivity index (χ1) is 22.7. The van der Waals surface area contributed by atoms with E-state index in [1.54, 1.807) is 11.9 Å². The minimum absolute atomic E-state index is 0.0511. The summed E-state index contributed by atoms with van der Waals surface area (Å²) in [5.74, 6) is -0.403. The number of hydrogen-bond donors (Lipinski definition) is 1. The maximum atomic E-state index is 13.3. The van der Waals surface area contributed by atoms with Crippen LogP contribution >= 0.6 is 22.7 Å². The second kappa shape index (κ2) is 14.9. The van der Waals surface area contributed by atoms with Gasteiger partial charge in [-0.25, -0.2) is 15.0 Å². The number of amides is 2. The van der Waals surface area contributed by atoms with Crippen LogP contribution in [0.15, 0.2) is 29.0 Å². The molecule has 9 nitrogen and oxygen atoms in total. The predicted molar refractivity (Wildman–Crippen MR) is 167 cm³/mol. The minimum atomic E-state index is -4.70. The van der Waals surface area contributed by atoms with Gasteiger partial charge in [0.2, 0.25) is 18.2 Å². The third-order valence-corrected chi connectivity index (χ3v) is 10.0. The molecule has 2 aliphatic carbocycles. The van der Waals surface area contributed by atoms with Gasteiger partial charge in [-0.05, 0) is 56.8 Å². The van der Waals surface area contributed by atoms with E-state index in [0.29, 0.717) is 48.5 Å². The molecule has 3 heterocycles. The SMILES string of the molecule is C[C@@H]1CC[C@H](Oc2cc(-c3nc(C(F)(F)F)cs3)nc(-c3nc(C(F)(F)F)cs3)n2)CC1C(=O)NC1C[C@H]1/C=C\CCCCN(C)C=O. The zero-order valence-electron chi connectivity index (χ0n) is 26.1. The van der Waals surface area contributed by atoms with E-state index >= 15 is 0 Å². The van der Waals surface area contributed by atoms with Crippen molar-refractivity contribution in [2.45, 2.75) is 76.4 Å². The van der Waals surface area contributed by atoms with Gasteiger partial charge in [0.25, 0.3) is 0 Å². The van der Waals surface area contributed by atoms with E-state index in [0.717, 1.165) is 42.9 Å². The Balaban J connectivity index is 1.25. The van der Waals surface area contributed by atoms with Crippen LogP contribution < -0.4 is 10.1 Å². The molecule has 3 aromatic heterocycles. The predicted octanol–water partition coefficient (Wildman–Crippen LogP) is 7.26. The van der Waals surface area contributed by atoms with Crippen molar-refractivity contribution in [3.63, 3.8) is 0 Å². The standard InChI is InChI=1S/C31H34F6N6O3S2/c1-17-8-9-19(12-20(17)27(45)39-21-11-18(21)7-5-3-4-6-10-43(2)16-44)46-25-13-22(28-40-23(14-47-28)30(32,33)34)38-26(42-25)29-41-24(15-48-29)31(35,36)37/h5,7,13-21H,3-4,6,8-12H2,1-2H3,(H,39,45)/b7-5-/t17-,18-,19+,20?,21?/m1/s1. The highest BCUT2D eigenvalue weighted by Gasteiger charge is 2.41. The van der Waals surface area contributed by atoms with Crippen LogP contribution in [-0.4, -0.2) is 62.9 Å². The molecule has 2 amide bonds. The summed E-state index contributed by atoms with van der Waals surface area (Å²) in [7, 11) is 1.74. The number of carbonyl (C=O) groups is 2. The molecule has 0 aliphatic heterocycles. The molecule has 2 unspecified atom stereocenters. The highest BCUT2D eigenvalue weighted by Crippen LogP contribution is 2.39. The van der Waals surface area contributed by atoms with Gasteiger partial charge in [0, 0.05) is 42.4 Å². The number of rotatable bonds is 13. The molecule has 260 valence electrons. The maximum absolute atomic E-state index is 13.3. The molecule has 5 rings (SSSR count). The van der Waals surface area contributed by atoms with Gasteiger partial charge >= 0.3 is 12.4 Å². The van der Waals surface area contributed by atoms with Gasteiger partial charge in [0.05, 0.1) is 0 Å². The Bertz CT molecular complexity index is 1540. The van der Waals surface area contributed by atoms with Gasteiger partial charge in [0.1, 0.15) is 16.8 Å². The molecular formula is C31H34F6N6O3S2. The minimum Gasteiger partial charge on any atom is -0.474 e. The fourth-order valence-electron chi connectivity index (χ4n) is 5.48. The number of nitrogens with zero attached hydrogens (tertiary/aromatic N) is 5. The van der Waals surface area contributed by atoms with Gasteiger partial charge < -0.3 is 15.0 Å². The summed E-state index contributed by atoms with van der Waals surface area (Å²) in [6.07, 6.45) is 0.383. The lowest BCUT2D eigenvalue weighted by Crippen LogP contribution is -2.41. The first-order valence-electron chi connectivity index (χ1n) is 15.5.